The van der Waals surface area contributed by atoms with E-state index < -0.39 is 0 Å². The van der Waals surface area contributed by atoms with Gasteiger partial charge in [-0.05, 0) is 39.3 Å². The lowest BCUT2D eigenvalue weighted by molar-refractivity contribution is 0.552. The minimum Gasteiger partial charge on any atom is -0.183 e. The van der Waals surface area contributed by atoms with Crippen molar-refractivity contribution in [3.05, 3.63) is 28.7 Å². The molecular formula is C11H15N4+. The van der Waals surface area contributed by atoms with E-state index in [1.54, 1.807) is 6.07 Å². The van der Waals surface area contributed by atoms with Gasteiger partial charge in [0, 0.05) is 6.07 Å². The van der Waals surface area contributed by atoms with Crippen molar-refractivity contribution in [3.63, 3.8) is 0 Å². The highest BCUT2D eigenvalue weighted by atomic mass is 15.1. The number of benzene rings is 1. The molecule has 1 aromatic carbocycles. The van der Waals surface area contributed by atoms with Crippen LogP contribution in [0.1, 0.15) is 26.3 Å². The number of diazo groups is 1. The maximum absolute atomic E-state index is 8.76. The zero-order valence-corrected chi connectivity index (χ0v) is 9.52. The van der Waals surface area contributed by atoms with Crippen molar-refractivity contribution in [3.8, 4) is 0 Å². The Balaban J connectivity index is 3.09. The predicted molar refractivity (Wildman–Crippen MR) is 60.2 cm³/mol. The van der Waals surface area contributed by atoms with Gasteiger partial charge >= 0.3 is 5.69 Å². The minimum absolute atomic E-state index is 0.226. The van der Waals surface area contributed by atoms with Crippen LogP contribution in [0.5, 0.6) is 0 Å². The van der Waals surface area contributed by atoms with Crippen molar-refractivity contribution >= 4 is 11.4 Å². The average molecular weight is 203 g/mol. The molecule has 0 saturated heterocycles. The topological polar surface area (TPSA) is 52.9 Å². The van der Waals surface area contributed by atoms with Crippen LogP contribution in [0.4, 0.5) is 11.4 Å². The molecule has 0 aliphatic carbocycles. The monoisotopic (exact) mass is 203 g/mol. The number of hydrogen-bond donors (Lipinski definition) is 0. The van der Waals surface area contributed by atoms with Gasteiger partial charge in [0.05, 0.1) is 5.54 Å². The summed E-state index contributed by atoms with van der Waals surface area (Å²) in [7, 11) is 0. The normalized spacial score (nSPS) is 11.7. The molecular weight excluding hydrogens is 188 g/mol. The minimum atomic E-state index is -0.226. The Bertz CT molecular complexity index is 421. The van der Waals surface area contributed by atoms with Crippen LogP contribution in [0.15, 0.2) is 28.4 Å². The van der Waals surface area contributed by atoms with E-state index in [0.717, 1.165) is 5.56 Å². The van der Waals surface area contributed by atoms with E-state index in [0.29, 0.717) is 11.4 Å². The van der Waals surface area contributed by atoms with Crippen molar-refractivity contribution in [2.45, 2.75) is 33.2 Å². The third-order valence-corrected chi connectivity index (χ3v) is 1.70. The third-order valence-electron chi connectivity index (χ3n) is 1.70. The van der Waals surface area contributed by atoms with Crippen LogP contribution < -0.4 is 0 Å². The molecule has 0 aliphatic rings. The summed E-state index contributed by atoms with van der Waals surface area (Å²) in [5.41, 5.74) is 1.86. The molecule has 0 fully saturated rings. The highest BCUT2D eigenvalue weighted by Crippen LogP contribution is 2.30. The number of azo groups is 1. The van der Waals surface area contributed by atoms with Crippen molar-refractivity contribution < 1.29 is 0 Å². The molecule has 4 nitrogen and oxygen atoms in total. The largest absolute Gasteiger partial charge is 0.412 e. The quantitative estimate of drug-likeness (QED) is 0.494. The first kappa shape index (κ1) is 11.3. The number of rotatable bonds is 1. The van der Waals surface area contributed by atoms with Crippen molar-refractivity contribution in [2.24, 2.45) is 10.2 Å². The van der Waals surface area contributed by atoms with Gasteiger partial charge in [0.1, 0.15) is 0 Å². The van der Waals surface area contributed by atoms with Gasteiger partial charge in [-0.1, -0.05) is 6.07 Å². The second-order valence-corrected chi connectivity index (χ2v) is 4.46. The van der Waals surface area contributed by atoms with E-state index in [2.05, 4.69) is 15.2 Å². The number of aryl methyl sites for hydroxylation is 1. The van der Waals surface area contributed by atoms with Gasteiger partial charge in [-0.2, -0.15) is 5.11 Å². The molecule has 0 bridgehead atoms. The fourth-order valence-electron chi connectivity index (χ4n) is 1.00. The van der Waals surface area contributed by atoms with Crippen LogP contribution in [0.2, 0.25) is 0 Å². The first-order valence-electron chi connectivity index (χ1n) is 4.81. The van der Waals surface area contributed by atoms with Crippen LogP contribution in [0.25, 0.3) is 4.98 Å². The summed E-state index contributed by atoms with van der Waals surface area (Å²) in [5, 5.41) is 17.0. The zero-order chi connectivity index (χ0) is 11.5. The smallest absolute Gasteiger partial charge is 0.183 e. The van der Waals surface area contributed by atoms with Gasteiger partial charge in [0.2, 0.25) is 5.39 Å². The van der Waals surface area contributed by atoms with Crippen LogP contribution in [-0.2, 0) is 0 Å². The second kappa shape index (κ2) is 4.18. The fourth-order valence-corrected chi connectivity index (χ4v) is 1.00. The molecule has 0 saturated carbocycles. The van der Waals surface area contributed by atoms with E-state index in [1.165, 1.54) is 0 Å². The molecule has 0 amide bonds. The van der Waals surface area contributed by atoms with Crippen LogP contribution in [0, 0.1) is 12.3 Å². The van der Waals surface area contributed by atoms with E-state index >= 15 is 0 Å². The standard InChI is InChI=1S/C11H15N4/c1-8-5-6-9(13-12)10(7-8)14-15-11(2,3)4/h5-7H,1-4H3/q+1. The van der Waals surface area contributed by atoms with Crippen LogP contribution in [0.3, 0.4) is 0 Å². The summed E-state index contributed by atoms with van der Waals surface area (Å²) in [4.78, 5) is 3.16. The lowest BCUT2D eigenvalue weighted by Crippen LogP contribution is -2.07. The summed E-state index contributed by atoms with van der Waals surface area (Å²) >= 11 is 0. The van der Waals surface area contributed by atoms with E-state index in [4.69, 9.17) is 5.39 Å². The molecule has 15 heavy (non-hydrogen) atoms. The Labute approximate surface area is 89.7 Å². The molecule has 0 aromatic heterocycles. The molecule has 0 aliphatic heterocycles. The van der Waals surface area contributed by atoms with Gasteiger partial charge in [-0.3, -0.25) is 0 Å². The summed E-state index contributed by atoms with van der Waals surface area (Å²) in [6, 6.07) is 5.42. The van der Waals surface area contributed by atoms with Gasteiger partial charge in [-0.25, -0.2) is 0 Å². The fraction of sp³-hybridized carbons (Fsp3) is 0.455. The Morgan fingerprint density at radius 3 is 2.47 bits per heavy atom. The van der Waals surface area contributed by atoms with E-state index in [9.17, 15) is 0 Å². The maximum Gasteiger partial charge on any atom is 0.412 e. The van der Waals surface area contributed by atoms with Crippen LogP contribution >= 0.6 is 0 Å². The van der Waals surface area contributed by atoms with Gasteiger partial charge in [0.15, 0.2) is 10.7 Å². The van der Waals surface area contributed by atoms with Crippen molar-refractivity contribution in [1.82, 2.24) is 0 Å². The van der Waals surface area contributed by atoms with Gasteiger partial charge in [0.25, 0.3) is 0 Å². The number of nitrogens with zero attached hydrogens (tertiary/aromatic N) is 4. The maximum atomic E-state index is 8.76. The van der Waals surface area contributed by atoms with Crippen molar-refractivity contribution in [1.29, 1.82) is 5.39 Å². The van der Waals surface area contributed by atoms with Crippen LogP contribution in [-0.4, -0.2) is 5.54 Å². The first-order chi connectivity index (χ1) is 6.92. The summed E-state index contributed by atoms with van der Waals surface area (Å²) < 4.78 is 0. The highest BCUT2D eigenvalue weighted by molar-refractivity contribution is 5.66. The molecule has 78 valence electrons. The predicted octanol–water partition coefficient (Wildman–Crippen LogP) is 4.36. The molecule has 1 rings (SSSR count). The molecule has 0 heterocycles. The molecule has 0 unspecified atom stereocenters. The zero-order valence-electron chi connectivity index (χ0n) is 9.52. The lowest BCUT2D eigenvalue weighted by atomic mass is 10.1. The van der Waals surface area contributed by atoms with E-state index in [1.807, 2.05) is 39.8 Å². The Hall–Kier alpha value is -1.76. The number of hydrogen-bond acceptors (Lipinski definition) is 3. The van der Waals surface area contributed by atoms with Crippen molar-refractivity contribution in [2.75, 3.05) is 0 Å². The first-order valence-corrected chi connectivity index (χ1v) is 4.81. The van der Waals surface area contributed by atoms with E-state index in [-0.39, 0.29) is 5.54 Å². The summed E-state index contributed by atoms with van der Waals surface area (Å²) in [6.45, 7) is 7.84. The molecule has 1 aromatic rings. The average Bonchev–Trinajstić information content (AvgIpc) is 2.14. The Morgan fingerprint density at radius 2 is 1.93 bits per heavy atom. The SMILES string of the molecule is Cc1ccc([N+]#N)c(N=NC(C)(C)C)c1. The lowest BCUT2D eigenvalue weighted by Gasteiger charge is -2.08. The second-order valence-electron chi connectivity index (χ2n) is 4.46. The third kappa shape index (κ3) is 3.47. The summed E-state index contributed by atoms with van der Waals surface area (Å²) in [6.07, 6.45) is 0. The molecule has 0 spiro atoms. The van der Waals surface area contributed by atoms with Gasteiger partial charge < -0.3 is 0 Å². The Kier molecular flexibility index (Phi) is 3.15. The summed E-state index contributed by atoms with van der Waals surface area (Å²) in [5.74, 6) is 0. The molecule has 0 radical (unpaired) electrons. The molecule has 0 atom stereocenters. The molecule has 4 heteroatoms. The molecule has 0 N–H and O–H groups in total. The van der Waals surface area contributed by atoms with Gasteiger partial charge in [-0.15, -0.1) is 5.11 Å². The Morgan fingerprint density at radius 1 is 1.27 bits per heavy atom. The highest BCUT2D eigenvalue weighted by Gasteiger charge is 2.14.